The Labute approximate surface area is 144 Å². The van der Waals surface area contributed by atoms with Gasteiger partial charge in [-0.2, -0.15) is 0 Å². The van der Waals surface area contributed by atoms with Gasteiger partial charge in [0.2, 0.25) is 5.91 Å². The summed E-state index contributed by atoms with van der Waals surface area (Å²) < 4.78 is 39.2. The Morgan fingerprint density at radius 3 is 2.29 bits per heavy atom. The van der Waals surface area contributed by atoms with Gasteiger partial charge in [0.05, 0.1) is 22.2 Å². The predicted octanol–water partition coefficient (Wildman–Crippen LogP) is 3.78. The van der Waals surface area contributed by atoms with Crippen molar-refractivity contribution in [2.24, 2.45) is 0 Å². The molecule has 2 aromatic rings. The van der Waals surface area contributed by atoms with E-state index in [4.69, 9.17) is 23.2 Å². The summed E-state index contributed by atoms with van der Waals surface area (Å²) in [4.78, 5) is 23.6. The molecule has 4 nitrogen and oxygen atoms in total. The summed E-state index contributed by atoms with van der Waals surface area (Å²) in [6.45, 7) is -0.488. The van der Waals surface area contributed by atoms with E-state index in [0.717, 1.165) is 30.3 Å². The molecule has 9 heteroatoms. The molecule has 0 aliphatic heterocycles. The number of carbonyl (C=O) groups is 2. The van der Waals surface area contributed by atoms with E-state index >= 15 is 0 Å². The average Bonchev–Trinajstić information content (AvgIpc) is 2.52. The Balaban J connectivity index is 1.97. The monoisotopic (exact) mass is 376 g/mol. The van der Waals surface area contributed by atoms with Gasteiger partial charge >= 0.3 is 0 Å². The maximum absolute atomic E-state index is 13.4. The minimum Gasteiger partial charge on any atom is -0.343 e. The second-order valence-electron chi connectivity index (χ2n) is 4.61. The molecular formula is C15H9Cl2F3N2O2. The second-order valence-corrected chi connectivity index (χ2v) is 5.42. The molecule has 126 valence electrons. The number of rotatable bonds is 4. The van der Waals surface area contributed by atoms with Crippen LogP contribution in [0.1, 0.15) is 10.4 Å². The first-order chi connectivity index (χ1) is 11.3. The average molecular weight is 377 g/mol. The van der Waals surface area contributed by atoms with E-state index in [9.17, 15) is 22.8 Å². The maximum Gasteiger partial charge on any atom is 0.253 e. The molecule has 0 aromatic heterocycles. The lowest BCUT2D eigenvalue weighted by atomic mass is 10.2. The first-order valence-corrected chi connectivity index (χ1v) is 7.21. The number of amides is 2. The van der Waals surface area contributed by atoms with Crippen LogP contribution in [-0.2, 0) is 4.79 Å². The number of nitrogens with one attached hydrogen (secondary N) is 2. The zero-order valence-corrected chi connectivity index (χ0v) is 13.3. The highest BCUT2D eigenvalue weighted by Crippen LogP contribution is 2.24. The summed E-state index contributed by atoms with van der Waals surface area (Å²) in [5.41, 5.74) is -0.178. The van der Waals surface area contributed by atoms with Gasteiger partial charge in [-0.05, 0) is 24.3 Å². The van der Waals surface area contributed by atoms with Gasteiger partial charge in [0.15, 0.2) is 11.6 Å². The SMILES string of the molecule is O=C(CNC(=O)c1cc(F)c(Cl)cc1Cl)Nc1ccc(F)c(F)c1. The number of benzene rings is 2. The second kappa shape index (κ2) is 7.55. The fourth-order valence-electron chi connectivity index (χ4n) is 1.73. The Morgan fingerprint density at radius 1 is 0.917 bits per heavy atom. The maximum atomic E-state index is 13.4. The molecule has 0 saturated heterocycles. The first kappa shape index (κ1) is 18.1. The minimum atomic E-state index is -1.12. The van der Waals surface area contributed by atoms with Crippen molar-refractivity contribution in [1.29, 1.82) is 0 Å². The van der Waals surface area contributed by atoms with Gasteiger partial charge in [-0.1, -0.05) is 23.2 Å². The smallest absolute Gasteiger partial charge is 0.253 e. The summed E-state index contributed by atoms with van der Waals surface area (Å²) in [7, 11) is 0. The first-order valence-electron chi connectivity index (χ1n) is 6.45. The van der Waals surface area contributed by atoms with E-state index in [2.05, 4.69) is 10.6 Å². The number of halogens is 5. The summed E-state index contributed by atoms with van der Waals surface area (Å²) in [6.07, 6.45) is 0. The van der Waals surface area contributed by atoms with Crippen LogP contribution < -0.4 is 10.6 Å². The summed E-state index contributed by atoms with van der Waals surface area (Å²) >= 11 is 11.3. The van der Waals surface area contributed by atoms with Crippen LogP contribution in [0.2, 0.25) is 10.0 Å². The zero-order chi connectivity index (χ0) is 17.9. The summed E-state index contributed by atoms with van der Waals surface area (Å²) in [5, 5.41) is 4.16. The van der Waals surface area contributed by atoms with Crippen LogP contribution >= 0.6 is 23.2 Å². The van der Waals surface area contributed by atoms with E-state index < -0.39 is 35.8 Å². The van der Waals surface area contributed by atoms with Crippen LogP contribution in [-0.4, -0.2) is 18.4 Å². The molecule has 2 rings (SSSR count). The molecule has 0 unspecified atom stereocenters. The van der Waals surface area contributed by atoms with E-state index in [1.807, 2.05) is 0 Å². The minimum absolute atomic E-state index is 0.0173. The molecule has 0 aliphatic rings. The van der Waals surface area contributed by atoms with Crippen LogP contribution in [0.5, 0.6) is 0 Å². The van der Waals surface area contributed by atoms with Gasteiger partial charge in [-0.25, -0.2) is 13.2 Å². The molecule has 0 heterocycles. The molecule has 0 radical (unpaired) electrons. The highest BCUT2D eigenvalue weighted by atomic mass is 35.5. The van der Waals surface area contributed by atoms with Crippen molar-refractivity contribution in [2.75, 3.05) is 11.9 Å². The Kier molecular flexibility index (Phi) is 5.69. The molecule has 2 N–H and O–H groups in total. The molecule has 24 heavy (non-hydrogen) atoms. The number of carbonyl (C=O) groups excluding carboxylic acids is 2. The number of hydrogen-bond acceptors (Lipinski definition) is 2. The van der Waals surface area contributed by atoms with Gasteiger partial charge < -0.3 is 10.6 Å². The molecule has 2 amide bonds. The molecule has 0 spiro atoms. The van der Waals surface area contributed by atoms with Crippen molar-refractivity contribution in [3.63, 3.8) is 0 Å². The highest BCUT2D eigenvalue weighted by Gasteiger charge is 2.15. The molecule has 0 aliphatic carbocycles. The van der Waals surface area contributed by atoms with Crippen molar-refractivity contribution >= 4 is 40.7 Å². The predicted molar refractivity (Wildman–Crippen MR) is 83.7 cm³/mol. The van der Waals surface area contributed by atoms with Crippen LogP contribution in [0.3, 0.4) is 0 Å². The molecule has 2 aromatic carbocycles. The largest absolute Gasteiger partial charge is 0.343 e. The number of anilines is 1. The summed E-state index contributed by atoms with van der Waals surface area (Å²) in [6, 6.07) is 4.70. The van der Waals surface area contributed by atoms with Crippen LogP contribution in [0.25, 0.3) is 0 Å². The highest BCUT2D eigenvalue weighted by molar-refractivity contribution is 6.36. The zero-order valence-electron chi connectivity index (χ0n) is 11.8. The summed E-state index contributed by atoms with van der Waals surface area (Å²) in [5.74, 6) is -4.51. The van der Waals surface area contributed by atoms with Crippen LogP contribution in [0, 0.1) is 17.5 Å². The molecule has 0 bridgehead atoms. The van der Waals surface area contributed by atoms with Crippen LogP contribution in [0.15, 0.2) is 30.3 Å². The third kappa shape index (κ3) is 4.39. The lowest BCUT2D eigenvalue weighted by Gasteiger charge is -2.09. The van der Waals surface area contributed by atoms with Gasteiger partial charge in [-0.3, -0.25) is 9.59 Å². The van der Waals surface area contributed by atoms with Gasteiger partial charge in [-0.15, -0.1) is 0 Å². The lowest BCUT2D eigenvalue weighted by molar-refractivity contribution is -0.115. The lowest BCUT2D eigenvalue weighted by Crippen LogP contribution is -2.33. The van der Waals surface area contributed by atoms with Gasteiger partial charge in [0, 0.05) is 11.8 Å². The van der Waals surface area contributed by atoms with Crippen LogP contribution in [0.4, 0.5) is 18.9 Å². The standard InChI is InChI=1S/C15H9Cl2F3N2O2/c16-9-5-10(17)12(19)4-8(9)15(24)21-6-14(23)22-7-1-2-11(18)13(20)3-7/h1-5H,6H2,(H,21,24)(H,22,23). The van der Waals surface area contributed by atoms with Crippen molar-refractivity contribution in [1.82, 2.24) is 5.32 Å². The Hall–Kier alpha value is -2.25. The third-order valence-corrected chi connectivity index (χ3v) is 3.47. The Morgan fingerprint density at radius 2 is 1.62 bits per heavy atom. The fourth-order valence-corrected chi connectivity index (χ4v) is 2.20. The van der Waals surface area contributed by atoms with E-state index in [-0.39, 0.29) is 21.3 Å². The third-order valence-electron chi connectivity index (χ3n) is 2.87. The molecular weight excluding hydrogens is 368 g/mol. The van der Waals surface area contributed by atoms with Crippen molar-refractivity contribution in [2.45, 2.75) is 0 Å². The van der Waals surface area contributed by atoms with Crippen molar-refractivity contribution < 1.29 is 22.8 Å². The fraction of sp³-hybridized carbons (Fsp3) is 0.0667. The molecule has 0 atom stereocenters. The van der Waals surface area contributed by atoms with Crippen molar-refractivity contribution in [3.05, 3.63) is 63.4 Å². The van der Waals surface area contributed by atoms with E-state index in [1.54, 1.807) is 0 Å². The normalized spacial score (nSPS) is 10.4. The van der Waals surface area contributed by atoms with Gasteiger partial charge in [0.1, 0.15) is 5.82 Å². The van der Waals surface area contributed by atoms with Gasteiger partial charge in [0.25, 0.3) is 5.91 Å². The topological polar surface area (TPSA) is 58.2 Å². The molecule has 0 fully saturated rings. The Bertz CT molecular complexity index is 816. The van der Waals surface area contributed by atoms with Crippen molar-refractivity contribution in [3.8, 4) is 0 Å². The molecule has 0 saturated carbocycles. The van der Waals surface area contributed by atoms with E-state index in [0.29, 0.717) is 0 Å². The van der Waals surface area contributed by atoms with E-state index in [1.165, 1.54) is 0 Å². The quantitative estimate of drug-likeness (QED) is 0.797. The number of hydrogen-bond donors (Lipinski definition) is 2.